The lowest BCUT2D eigenvalue weighted by Crippen LogP contribution is -2.36. The molecule has 2 aromatic carbocycles. The summed E-state index contributed by atoms with van der Waals surface area (Å²) in [7, 11) is 1.78. The average Bonchev–Trinajstić information content (AvgIpc) is 3.17. The van der Waals surface area contributed by atoms with Crippen LogP contribution in [0.5, 0.6) is 0 Å². The fraction of sp³-hybridized carbons (Fsp3) is 0.158. The second-order valence-corrected chi connectivity index (χ2v) is 5.34. The number of rotatable bonds is 5. The molecule has 6 heteroatoms. The first kappa shape index (κ1) is 19.0. The van der Waals surface area contributed by atoms with Crippen molar-refractivity contribution in [1.82, 2.24) is 20.4 Å². The highest BCUT2D eigenvalue weighted by atomic mass is 127. The second-order valence-electron chi connectivity index (χ2n) is 5.34. The summed E-state index contributed by atoms with van der Waals surface area (Å²) < 4.78 is 1.87. The summed E-state index contributed by atoms with van der Waals surface area (Å²) in [6.45, 7) is 1.41. The Kier molecular flexibility index (Phi) is 7.46. The topological polar surface area (TPSA) is 54.2 Å². The predicted molar refractivity (Wildman–Crippen MR) is 112 cm³/mol. The van der Waals surface area contributed by atoms with Gasteiger partial charge in [-0.15, -0.1) is 24.0 Å². The quantitative estimate of drug-likeness (QED) is 0.359. The number of aromatic nitrogens is 2. The molecule has 2 N–H and O–H groups in total. The van der Waals surface area contributed by atoms with Gasteiger partial charge in [0.2, 0.25) is 0 Å². The van der Waals surface area contributed by atoms with Crippen LogP contribution in [0.2, 0.25) is 0 Å². The summed E-state index contributed by atoms with van der Waals surface area (Å²) >= 11 is 0. The molecule has 0 atom stereocenters. The number of hydrogen-bond acceptors (Lipinski definition) is 2. The number of para-hydroxylation sites is 1. The molecule has 3 aromatic rings. The lowest BCUT2D eigenvalue weighted by molar-refractivity contribution is 0.792. The molecule has 0 unspecified atom stereocenters. The molecule has 1 aromatic heterocycles. The zero-order valence-corrected chi connectivity index (χ0v) is 16.4. The standard InChI is InChI=1S/C19H21N5.HI/c1-20-19(21-14-16-8-3-2-4-9-16)22-15-17-10-5-6-11-18(17)24-13-7-12-23-24;/h2-13H,14-15H2,1H3,(H2,20,21,22);1H. The van der Waals surface area contributed by atoms with Crippen LogP contribution in [0.4, 0.5) is 0 Å². The molecule has 3 rings (SSSR count). The second kappa shape index (κ2) is 9.83. The highest BCUT2D eigenvalue weighted by Gasteiger charge is 2.05. The van der Waals surface area contributed by atoms with Crippen LogP contribution in [0.1, 0.15) is 11.1 Å². The van der Waals surface area contributed by atoms with Crippen LogP contribution >= 0.6 is 24.0 Å². The van der Waals surface area contributed by atoms with Gasteiger partial charge in [-0.1, -0.05) is 48.5 Å². The third-order valence-corrected chi connectivity index (χ3v) is 3.72. The molecule has 1 heterocycles. The molecule has 0 spiro atoms. The van der Waals surface area contributed by atoms with Crippen molar-refractivity contribution in [2.75, 3.05) is 7.05 Å². The minimum atomic E-state index is 0. The Hall–Kier alpha value is -2.35. The Morgan fingerprint density at radius 2 is 1.68 bits per heavy atom. The zero-order valence-electron chi connectivity index (χ0n) is 14.1. The summed E-state index contributed by atoms with van der Waals surface area (Å²) in [6.07, 6.45) is 3.73. The highest BCUT2D eigenvalue weighted by Crippen LogP contribution is 2.13. The number of benzene rings is 2. The van der Waals surface area contributed by atoms with Crippen molar-refractivity contribution in [2.45, 2.75) is 13.1 Å². The van der Waals surface area contributed by atoms with Gasteiger partial charge in [-0.2, -0.15) is 5.10 Å². The van der Waals surface area contributed by atoms with Gasteiger partial charge in [-0.25, -0.2) is 4.68 Å². The molecule has 0 fully saturated rings. The van der Waals surface area contributed by atoms with Crippen molar-refractivity contribution in [2.24, 2.45) is 4.99 Å². The Balaban J connectivity index is 0.00000225. The Labute approximate surface area is 165 Å². The van der Waals surface area contributed by atoms with Gasteiger partial charge in [0.25, 0.3) is 0 Å². The molecule has 5 nitrogen and oxygen atoms in total. The van der Waals surface area contributed by atoms with Crippen LogP contribution < -0.4 is 10.6 Å². The van der Waals surface area contributed by atoms with Gasteiger partial charge in [0.1, 0.15) is 0 Å². The molecule has 0 radical (unpaired) electrons. The van der Waals surface area contributed by atoms with Gasteiger partial charge in [-0.3, -0.25) is 4.99 Å². The fourth-order valence-electron chi connectivity index (χ4n) is 2.48. The van der Waals surface area contributed by atoms with Crippen molar-refractivity contribution in [3.8, 4) is 5.69 Å². The van der Waals surface area contributed by atoms with Crippen LogP contribution in [0.25, 0.3) is 5.69 Å². The summed E-state index contributed by atoms with van der Waals surface area (Å²) in [5.74, 6) is 0.772. The van der Waals surface area contributed by atoms with E-state index < -0.39 is 0 Å². The van der Waals surface area contributed by atoms with E-state index in [1.54, 1.807) is 13.2 Å². The maximum Gasteiger partial charge on any atom is 0.191 e. The summed E-state index contributed by atoms with van der Waals surface area (Å²) in [4.78, 5) is 4.28. The van der Waals surface area contributed by atoms with Gasteiger partial charge in [0, 0.05) is 32.5 Å². The number of guanidine groups is 1. The lowest BCUT2D eigenvalue weighted by Gasteiger charge is -2.14. The largest absolute Gasteiger partial charge is 0.352 e. The third kappa shape index (κ3) is 5.32. The van der Waals surface area contributed by atoms with E-state index in [1.807, 2.05) is 47.3 Å². The van der Waals surface area contributed by atoms with Crippen molar-refractivity contribution in [3.05, 3.63) is 84.2 Å². The number of aliphatic imine (C=N–C) groups is 1. The third-order valence-electron chi connectivity index (χ3n) is 3.72. The molecule has 0 bridgehead atoms. The summed E-state index contributed by atoms with van der Waals surface area (Å²) in [6, 6.07) is 20.4. The number of nitrogens with zero attached hydrogens (tertiary/aromatic N) is 3. The Morgan fingerprint density at radius 1 is 0.960 bits per heavy atom. The van der Waals surface area contributed by atoms with Gasteiger partial charge in [0.15, 0.2) is 5.96 Å². The summed E-state index contributed by atoms with van der Waals surface area (Å²) in [5.41, 5.74) is 3.44. The molecule has 0 saturated heterocycles. The molecular formula is C19H22IN5. The minimum absolute atomic E-state index is 0. The molecule has 0 amide bonds. The molecular weight excluding hydrogens is 425 g/mol. The number of nitrogens with one attached hydrogen (secondary N) is 2. The highest BCUT2D eigenvalue weighted by molar-refractivity contribution is 14.0. The number of hydrogen-bond donors (Lipinski definition) is 2. The van der Waals surface area contributed by atoms with E-state index in [9.17, 15) is 0 Å². The van der Waals surface area contributed by atoms with E-state index in [0.29, 0.717) is 6.54 Å². The minimum Gasteiger partial charge on any atom is -0.352 e. The van der Waals surface area contributed by atoms with Crippen LogP contribution in [-0.4, -0.2) is 22.8 Å². The molecule has 0 aliphatic carbocycles. The van der Waals surface area contributed by atoms with E-state index in [0.717, 1.165) is 23.8 Å². The van der Waals surface area contributed by atoms with E-state index in [1.165, 1.54) is 5.56 Å². The van der Waals surface area contributed by atoms with E-state index >= 15 is 0 Å². The van der Waals surface area contributed by atoms with Gasteiger partial charge in [0.05, 0.1) is 5.69 Å². The zero-order chi connectivity index (χ0) is 16.6. The lowest BCUT2D eigenvalue weighted by atomic mass is 10.2. The van der Waals surface area contributed by atoms with Crippen molar-refractivity contribution in [3.63, 3.8) is 0 Å². The predicted octanol–water partition coefficient (Wildman–Crippen LogP) is 3.36. The van der Waals surface area contributed by atoms with E-state index in [-0.39, 0.29) is 24.0 Å². The van der Waals surface area contributed by atoms with Crippen molar-refractivity contribution >= 4 is 29.9 Å². The van der Waals surface area contributed by atoms with Crippen LogP contribution in [0, 0.1) is 0 Å². The first-order chi connectivity index (χ1) is 11.9. The molecule has 25 heavy (non-hydrogen) atoms. The van der Waals surface area contributed by atoms with E-state index in [4.69, 9.17) is 0 Å². The normalized spacial score (nSPS) is 10.8. The first-order valence-electron chi connectivity index (χ1n) is 7.93. The van der Waals surface area contributed by atoms with Crippen LogP contribution in [0.3, 0.4) is 0 Å². The average molecular weight is 447 g/mol. The first-order valence-corrected chi connectivity index (χ1v) is 7.93. The Bertz CT molecular complexity index is 785. The van der Waals surface area contributed by atoms with E-state index in [2.05, 4.69) is 45.0 Å². The molecule has 0 aliphatic heterocycles. The van der Waals surface area contributed by atoms with Crippen molar-refractivity contribution < 1.29 is 0 Å². The van der Waals surface area contributed by atoms with Crippen LogP contribution in [0.15, 0.2) is 78.0 Å². The monoisotopic (exact) mass is 447 g/mol. The molecule has 130 valence electrons. The summed E-state index contributed by atoms with van der Waals surface area (Å²) in [5, 5.41) is 11.0. The van der Waals surface area contributed by atoms with Crippen molar-refractivity contribution in [1.29, 1.82) is 0 Å². The maximum absolute atomic E-state index is 4.31. The molecule has 0 aliphatic rings. The van der Waals surface area contributed by atoms with Crippen LogP contribution in [-0.2, 0) is 13.1 Å². The molecule has 0 saturated carbocycles. The van der Waals surface area contributed by atoms with Gasteiger partial charge >= 0.3 is 0 Å². The maximum atomic E-state index is 4.31. The van der Waals surface area contributed by atoms with Gasteiger partial charge in [-0.05, 0) is 23.3 Å². The smallest absolute Gasteiger partial charge is 0.191 e. The van der Waals surface area contributed by atoms with Gasteiger partial charge < -0.3 is 10.6 Å². The fourth-order valence-corrected chi connectivity index (χ4v) is 2.48. The Morgan fingerprint density at radius 3 is 2.40 bits per heavy atom. The SMILES string of the molecule is CN=C(NCc1ccccc1)NCc1ccccc1-n1cccn1.I. The number of halogens is 1.